The smallest absolute Gasteiger partial charge is 0.00237 e. The Balaban J connectivity index is 2.17. The van der Waals surface area contributed by atoms with Gasteiger partial charge in [-0.05, 0) is 23.5 Å². The molecule has 0 aliphatic heterocycles. The Morgan fingerprint density at radius 1 is 0.842 bits per heavy atom. The van der Waals surface area contributed by atoms with Gasteiger partial charge in [0.1, 0.15) is 0 Å². The molecular formula is C19H22. The molecule has 0 bridgehead atoms. The van der Waals surface area contributed by atoms with Crippen molar-refractivity contribution in [2.24, 2.45) is 5.92 Å². The maximum atomic E-state index is 2.34. The van der Waals surface area contributed by atoms with Crippen LogP contribution in [0.4, 0.5) is 0 Å². The van der Waals surface area contributed by atoms with Crippen molar-refractivity contribution in [1.82, 2.24) is 0 Å². The Labute approximate surface area is 116 Å². The van der Waals surface area contributed by atoms with Gasteiger partial charge in [0.2, 0.25) is 0 Å². The molecule has 0 aliphatic rings. The first-order chi connectivity index (χ1) is 9.25. The standard InChI is InChI=1S/C19H22/c1-16(2)15-19(18-11-7-4-8-12-18)14-13-17-9-5-3-6-10-17/h3-14,16,19H,15H2,1-2H3/b14-13+/t19-/m1/s1. The van der Waals surface area contributed by atoms with Crippen LogP contribution >= 0.6 is 0 Å². The fourth-order valence-corrected chi connectivity index (χ4v) is 2.33. The zero-order valence-electron chi connectivity index (χ0n) is 11.8. The molecule has 0 spiro atoms. The van der Waals surface area contributed by atoms with Crippen LogP contribution < -0.4 is 0 Å². The summed E-state index contributed by atoms with van der Waals surface area (Å²) in [5, 5.41) is 0. The maximum absolute atomic E-state index is 2.34. The van der Waals surface area contributed by atoms with Gasteiger partial charge in [-0.3, -0.25) is 0 Å². The highest BCUT2D eigenvalue weighted by molar-refractivity contribution is 5.50. The molecule has 0 nitrogen and oxygen atoms in total. The first-order valence-electron chi connectivity index (χ1n) is 7.04. The minimum absolute atomic E-state index is 0.501. The lowest BCUT2D eigenvalue weighted by Gasteiger charge is -2.15. The van der Waals surface area contributed by atoms with Gasteiger partial charge < -0.3 is 0 Å². The zero-order valence-corrected chi connectivity index (χ0v) is 11.8. The van der Waals surface area contributed by atoms with Crippen LogP contribution in [0.5, 0.6) is 0 Å². The van der Waals surface area contributed by atoms with Crippen LogP contribution in [0.1, 0.15) is 37.3 Å². The Bertz CT molecular complexity index is 494. The summed E-state index contributed by atoms with van der Waals surface area (Å²) in [5.41, 5.74) is 2.68. The minimum atomic E-state index is 0.501. The minimum Gasteiger partial charge on any atom is -0.0764 e. The highest BCUT2D eigenvalue weighted by Gasteiger charge is 2.09. The van der Waals surface area contributed by atoms with Crippen LogP contribution in [0.25, 0.3) is 6.08 Å². The van der Waals surface area contributed by atoms with E-state index in [0.29, 0.717) is 11.8 Å². The number of rotatable bonds is 5. The van der Waals surface area contributed by atoms with E-state index in [0.717, 1.165) is 0 Å². The lowest BCUT2D eigenvalue weighted by Crippen LogP contribution is -2.00. The molecule has 0 saturated carbocycles. The van der Waals surface area contributed by atoms with Crippen molar-refractivity contribution in [2.45, 2.75) is 26.2 Å². The van der Waals surface area contributed by atoms with E-state index in [2.05, 4.69) is 86.7 Å². The van der Waals surface area contributed by atoms with E-state index in [1.165, 1.54) is 17.5 Å². The number of allylic oxidation sites excluding steroid dienone is 1. The molecule has 19 heavy (non-hydrogen) atoms. The first kappa shape index (κ1) is 13.6. The van der Waals surface area contributed by atoms with Gasteiger partial charge in [-0.15, -0.1) is 0 Å². The van der Waals surface area contributed by atoms with Gasteiger partial charge >= 0.3 is 0 Å². The number of benzene rings is 2. The molecule has 98 valence electrons. The lowest BCUT2D eigenvalue weighted by molar-refractivity contribution is 0.551. The summed E-state index contributed by atoms with van der Waals surface area (Å²) in [6.45, 7) is 4.57. The summed E-state index contributed by atoms with van der Waals surface area (Å²) in [5.74, 6) is 1.20. The largest absolute Gasteiger partial charge is 0.0764 e. The van der Waals surface area contributed by atoms with Gasteiger partial charge in [0.25, 0.3) is 0 Å². The van der Waals surface area contributed by atoms with Gasteiger partial charge in [-0.2, -0.15) is 0 Å². The van der Waals surface area contributed by atoms with Crippen molar-refractivity contribution >= 4 is 6.08 Å². The SMILES string of the molecule is CC(C)C[C@@H](/C=C/c1ccccc1)c1ccccc1. The molecule has 0 fully saturated rings. The molecule has 0 radical (unpaired) electrons. The summed E-state index contributed by atoms with van der Waals surface area (Å²) in [6, 6.07) is 21.3. The second-order valence-corrected chi connectivity index (χ2v) is 5.42. The van der Waals surface area contributed by atoms with Crippen LogP contribution in [0.15, 0.2) is 66.7 Å². The molecule has 1 atom stereocenters. The Kier molecular flexibility index (Phi) is 4.97. The van der Waals surface area contributed by atoms with Gasteiger partial charge in [-0.25, -0.2) is 0 Å². The predicted molar refractivity (Wildman–Crippen MR) is 84.1 cm³/mol. The summed E-state index contributed by atoms with van der Waals surface area (Å²) in [6.07, 6.45) is 5.76. The second-order valence-electron chi connectivity index (χ2n) is 5.42. The highest BCUT2D eigenvalue weighted by atomic mass is 14.1. The molecule has 0 N–H and O–H groups in total. The molecule has 2 aromatic carbocycles. The molecule has 0 heteroatoms. The lowest BCUT2D eigenvalue weighted by atomic mass is 9.89. The molecule has 0 amide bonds. The van der Waals surface area contributed by atoms with Gasteiger partial charge in [-0.1, -0.05) is 86.7 Å². The van der Waals surface area contributed by atoms with Crippen LogP contribution in [0.3, 0.4) is 0 Å². The topological polar surface area (TPSA) is 0 Å². The fraction of sp³-hybridized carbons (Fsp3) is 0.263. The van der Waals surface area contributed by atoms with Crippen LogP contribution in [-0.2, 0) is 0 Å². The van der Waals surface area contributed by atoms with Crippen molar-refractivity contribution in [3.8, 4) is 0 Å². The molecule has 0 saturated heterocycles. The normalized spacial score (nSPS) is 13.0. The van der Waals surface area contributed by atoms with Crippen LogP contribution in [-0.4, -0.2) is 0 Å². The Morgan fingerprint density at radius 2 is 1.42 bits per heavy atom. The van der Waals surface area contributed by atoms with Crippen LogP contribution in [0, 0.1) is 5.92 Å². The molecule has 0 heterocycles. The van der Waals surface area contributed by atoms with Gasteiger partial charge in [0.15, 0.2) is 0 Å². The third-order valence-corrected chi connectivity index (χ3v) is 3.27. The van der Waals surface area contributed by atoms with E-state index in [1.807, 2.05) is 0 Å². The molecule has 0 aromatic heterocycles. The van der Waals surface area contributed by atoms with Crippen molar-refractivity contribution in [1.29, 1.82) is 0 Å². The zero-order chi connectivity index (χ0) is 13.5. The van der Waals surface area contributed by atoms with E-state index in [9.17, 15) is 0 Å². The monoisotopic (exact) mass is 250 g/mol. The molecular weight excluding hydrogens is 228 g/mol. The molecule has 2 rings (SSSR count). The van der Waals surface area contributed by atoms with Gasteiger partial charge in [0, 0.05) is 5.92 Å². The van der Waals surface area contributed by atoms with E-state index >= 15 is 0 Å². The Hall–Kier alpha value is -1.82. The van der Waals surface area contributed by atoms with E-state index in [4.69, 9.17) is 0 Å². The fourth-order valence-electron chi connectivity index (χ4n) is 2.33. The maximum Gasteiger partial charge on any atom is 0.00237 e. The Morgan fingerprint density at radius 3 is 2.00 bits per heavy atom. The summed E-state index contributed by atoms with van der Waals surface area (Å²) < 4.78 is 0. The first-order valence-corrected chi connectivity index (χ1v) is 7.04. The molecule has 0 aliphatic carbocycles. The quantitative estimate of drug-likeness (QED) is 0.654. The van der Waals surface area contributed by atoms with E-state index in [1.54, 1.807) is 0 Å². The average Bonchev–Trinajstić information content (AvgIpc) is 2.45. The summed E-state index contributed by atoms with van der Waals surface area (Å²) in [4.78, 5) is 0. The van der Waals surface area contributed by atoms with Crippen LogP contribution in [0.2, 0.25) is 0 Å². The van der Waals surface area contributed by atoms with Crippen molar-refractivity contribution in [2.75, 3.05) is 0 Å². The van der Waals surface area contributed by atoms with Crippen molar-refractivity contribution in [3.63, 3.8) is 0 Å². The average molecular weight is 250 g/mol. The highest BCUT2D eigenvalue weighted by Crippen LogP contribution is 2.25. The van der Waals surface area contributed by atoms with E-state index < -0.39 is 0 Å². The number of hydrogen-bond acceptors (Lipinski definition) is 0. The summed E-state index contributed by atoms with van der Waals surface area (Å²) >= 11 is 0. The van der Waals surface area contributed by atoms with Crippen molar-refractivity contribution < 1.29 is 0 Å². The van der Waals surface area contributed by atoms with E-state index in [-0.39, 0.29) is 0 Å². The molecule has 0 unspecified atom stereocenters. The predicted octanol–water partition coefficient (Wildman–Crippen LogP) is 5.53. The third-order valence-electron chi connectivity index (χ3n) is 3.27. The third kappa shape index (κ3) is 4.40. The van der Waals surface area contributed by atoms with Gasteiger partial charge in [0.05, 0.1) is 0 Å². The number of hydrogen-bond donors (Lipinski definition) is 0. The second kappa shape index (κ2) is 6.94. The summed E-state index contributed by atoms with van der Waals surface area (Å²) in [7, 11) is 0. The molecule has 2 aromatic rings. The van der Waals surface area contributed by atoms with Crippen molar-refractivity contribution in [3.05, 3.63) is 77.9 Å².